The highest BCUT2D eigenvalue weighted by Crippen LogP contribution is 2.19. The average molecular weight is 249 g/mol. The van der Waals surface area contributed by atoms with Gasteiger partial charge in [-0.3, -0.25) is 4.79 Å². The van der Waals surface area contributed by atoms with Crippen LogP contribution in [-0.2, 0) is 11.2 Å². The minimum absolute atomic E-state index is 0.0243. The SMILES string of the molecule is CC(=O)Cc1cccc(C(O)C(O)CN=[N+]=[N-])c1. The van der Waals surface area contributed by atoms with Crippen molar-refractivity contribution >= 4 is 5.78 Å². The molecule has 0 bridgehead atoms. The van der Waals surface area contributed by atoms with Crippen molar-refractivity contribution in [2.45, 2.75) is 25.6 Å². The molecule has 1 aromatic rings. The molecule has 1 rings (SSSR count). The van der Waals surface area contributed by atoms with E-state index in [1.165, 1.54) is 6.92 Å². The fourth-order valence-corrected chi connectivity index (χ4v) is 1.62. The van der Waals surface area contributed by atoms with Gasteiger partial charge < -0.3 is 10.2 Å². The Morgan fingerprint density at radius 1 is 1.50 bits per heavy atom. The molecule has 6 heteroatoms. The number of Topliss-reactive ketones (excluding diaryl/α,β-unsaturated/α-hetero) is 1. The van der Waals surface area contributed by atoms with Crippen molar-refractivity contribution in [3.63, 3.8) is 0 Å². The summed E-state index contributed by atoms with van der Waals surface area (Å²) in [5, 5.41) is 22.7. The maximum atomic E-state index is 11.0. The van der Waals surface area contributed by atoms with Gasteiger partial charge in [-0.15, -0.1) is 0 Å². The van der Waals surface area contributed by atoms with Crippen LogP contribution in [0.25, 0.3) is 10.4 Å². The van der Waals surface area contributed by atoms with Gasteiger partial charge >= 0.3 is 0 Å². The summed E-state index contributed by atoms with van der Waals surface area (Å²) in [6.45, 7) is 1.29. The first kappa shape index (κ1) is 14.2. The van der Waals surface area contributed by atoms with Crippen LogP contribution in [0.15, 0.2) is 29.4 Å². The van der Waals surface area contributed by atoms with Gasteiger partial charge in [-0.25, -0.2) is 0 Å². The molecule has 2 N–H and O–H groups in total. The van der Waals surface area contributed by atoms with E-state index in [9.17, 15) is 15.0 Å². The second-order valence-corrected chi connectivity index (χ2v) is 4.05. The number of hydrogen-bond donors (Lipinski definition) is 2. The predicted molar refractivity (Wildman–Crippen MR) is 65.8 cm³/mol. The van der Waals surface area contributed by atoms with Crippen molar-refractivity contribution in [3.05, 3.63) is 45.8 Å². The lowest BCUT2D eigenvalue weighted by Gasteiger charge is -2.16. The zero-order chi connectivity index (χ0) is 13.5. The molecule has 0 aliphatic rings. The molecule has 0 fully saturated rings. The molecule has 0 aliphatic heterocycles. The molecule has 0 amide bonds. The Balaban J connectivity index is 2.81. The maximum absolute atomic E-state index is 11.0. The Hall–Kier alpha value is -1.88. The van der Waals surface area contributed by atoms with E-state index in [1.807, 2.05) is 0 Å². The van der Waals surface area contributed by atoms with Crippen LogP contribution < -0.4 is 0 Å². The molecule has 18 heavy (non-hydrogen) atoms. The van der Waals surface area contributed by atoms with E-state index in [0.29, 0.717) is 5.56 Å². The molecule has 96 valence electrons. The largest absolute Gasteiger partial charge is 0.390 e. The predicted octanol–water partition coefficient (Wildman–Crippen LogP) is 1.52. The summed E-state index contributed by atoms with van der Waals surface area (Å²) < 4.78 is 0. The second kappa shape index (κ2) is 6.76. The van der Waals surface area contributed by atoms with Gasteiger partial charge in [0, 0.05) is 11.3 Å². The smallest absolute Gasteiger partial charge is 0.134 e. The van der Waals surface area contributed by atoms with Crippen molar-refractivity contribution in [3.8, 4) is 0 Å². The third-order valence-electron chi connectivity index (χ3n) is 2.44. The Morgan fingerprint density at radius 2 is 2.22 bits per heavy atom. The van der Waals surface area contributed by atoms with Gasteiger partial charge in [0.15, 0.2) is 0 Å². The third-order valence-corrected chi connectivity index (χ3v) is 2.44. The lowest BCUT2D eigenvalue weighted by Crippen LogP contribution is -2.21. The molecule has 0 spiro atoms. The van der Waals surface area contributed by atoms with E-state index in [1.54, 1.807) is 24.3 Å². The molecule has 0 aliphatic carbocycles. The Labute approximate surface area is 105 Å². The molecule has 0 saturated carbocycles. The Kier molecular flexibility index (Phi) is 5.32. The second-order valence-electron chi connectivity index (χ2n) is 4.05. The molecule has 1 aromatic carbocycles. The van der Waals surface area contributed by atoms with Crippen LogP contribution in [0.2, 0.25) is 0 Å². The summed E-state index contributed by atoms with van der Waals surface area (Å²) in [5.74, 6) is 0.0243. The number of aliphatic hydroxyl groups is 2. The van der Waals surface area contributed by atoms with Crippen LogP contribution >= 0.6 is 0 Å². The summed E-state index contributed by atoms with van der Waals surface area (Å²) in [7, 11) is 0. The molecule has 6 nitrogen and oxygen atoms in total. The van der Waals surface area contributed by atoms with Crippen molar-refractivity contribution < 1.29 is 15.0 Å². The van der Waals surface area contributed by atoms with Crippen molar-refractivity contribution in [2.24, 2.45) is 5.11 Å². The Bertz CT molecular complexity index is 469. The van der Waals surface area contributed by atoms with E-state index >= 15 is 0 Å². The molecule has 0 saturated heterocycles. The van der Waals surface area contributed by atoms with Crippen molar-refractivity contribution in [1.82, 2.24) is 0 Å². The van der Waals surface area contributed by atoms with Crippen LogP contribution in [-0.4, -0.2) is 28.6 Å². The van der Waals surface area contributed by atoms with Crippen LogP contribution in [0.4, 0.5) is 0 Å². The van der Waals surface area contributed by atoms with Crippen LogP contribution in [0, 0.1) is 0 Å². The van der Waals surface area contributed by atoms with Gasteiger partial charge in [0.05, 0.1) is 12.6 Å². The lowest BCUT2D eigenvalue weighted by molar-refractivity contribution is -0.116. The molecular formula is C12H15N3O3. The zero-order valence-corrected chi connectivity index (χ0v) is 10.0. The van der Waals surface area contributed by atoms with E-state index in [4.69, 9.17) is 5.53 Å². The number of carbonyl (C=O) groups is 1. The first-order valence-corrected chi connectivity index (χ1v) is 5.50. The highest BCUT2D eigenvalue weighted by molar-refractivity contribution is 5.78. The van der Waals surface area contributed by atoms with Crippen LogP contribution in [0.3, 0.4) is 0 Å². The first-order chi connectivity index (χ1) is 8.54. The molecule has 0 radical (unpaired) electrons. The van der Waals surface area contributed by atoms with Gasteiger partial charge in [0.1, 0.15) is 11.9 Å². The third kappa shape index (κ3) is 4.18. The normalized spacial score (nSPS) is 13.5. The van der Waals surface area contributed by atoms with Gasteiger partial charge in [-0.05, 0) is 23.6 Å². The highest BCUT2D eigenvalue weighted by Gasteiger charge is 2.17. The van der Waals surface area contributed by atoms with Gasteiger partial charge in [0.25, 0.3) is 0 Å². The number of aliphatic hydroxyl groups excluding tert-OH is 2. The quantitative estimate of drug-likeness (QED) is 0.453. The van der Waals surface area contributed by atoms with Gasteiger partial charge in [0.2, 0.25) is 0 Å². The molecular weight excluding hydrogens is 234 g/mol. The standard InChI is InChI=1S/C12H15N3O3/c1-8(16)5-9-3-2-4-10(6-9)12(18)11(17)7-14-15-13/h2-4,6,11-12,17-18H,5,7H2,1H3. The first-order valence-electron chi connectivity index (χ1n) is 5.50. The monoisotopic (exact) mass is 249 g/mol. The maximum Gasteiger partial charge on any atom is 0.134 e. The number of ketones is 1. The summed E-state index contributed by atoms with van der Waals surface area (Å²) in [5.41, 5.74) is 9.41. The minimum Gasteiger partial charge on any atom is -0.390 e. The number of azide groups is 1. The molecule has 0 heterocycles. The lowest BCUT2D eigenvalue weighted by atomic mass is 10.00. The summed E-state index contributed by atoms with van der Waals surface area (Å²) in [6.07, 6.45) is -2.01. The Morgan fingerprint density at radius 3 is 2.83 bits per heavy atom. The number of benzene rings is 1. The topological polar surface area (TPSA) is 106 Å². The number of hydrogen-bond acceptors (Lipinski definition) is 4. The summed E-state index contributed by atoms with van der Waals surface area (Å²) >= 11 is 0. The molecule has 2 unspecified atom stereocenters. The van der Waals surface area contributed by atoms with Crippen LogP contribution in [0.5, 0.6) is 0 Å². The van der Waals surface area contributed by atoms with E-state index in [-0.39, 0.29) is 18.7 Å². The van der Waals surface area contributed by atoms with E-state index < -0.39 is 12.2 Å². The summed E-state index contributed by atoms with van der Waals surface area (Å²) in [6, 6.07) is 6.79. The number of nitrogens with zero attached hydrogens (tertiary/aromatic N) is 3. The highest BCUT2D eigenvalue weighted by atomic mass is 16.3. The summed E-state index contributed by atoms with van der Waals surface area (Å²) in [4.78, 5) is 13.5. The van der Waals surface area contributed by atoms with E-state index in [2.05, 4.69) is 10.0 Å². The number of rotatable bonds is 6. The van der Waals surface area contributed by atoms with Crippen molar-refractivity contribution in [1.29, 1.82) is 0 Å². The zero-order valence-electron chi connectivity index (χ0n) is 10.0. The van der Waals surface area contributed by atoms with Crippen LogP contribution in [0.1, 0.15) is 24.2 Å². The molecule has 2 atom stereocenters. The average Bonchev–Trinajstić information content (AvgIpc) is 2.34. The molecule has 0 aromatic heterocycles. The van der Waals surface area contributed by atoms with Crippen molar-refractivity contribution in [2.75, 3.05) is 6.54 Å². The number of carbonyl (C=O) groups excluding carboxylic acids is 1. The fourth-order valence-electron chi connectivity index (χ4n) is 1.62. The fraction of sp³-hybridized carbons (Fsp3) is 0.417. The minimum atomic E-state index is -1.16. The van der Waals surface area contributed by atoms with Gasteiger partial charge in [-0.1, -0.05) is 29.4 Å². The van der Waals surface area contributed by atoms with E-state index in [0.717, 1.165) is 5.56 Å². The van der Waals surface area contributed by atoms with Gasteiger partial charge in [-0.2, -0.15) is 0 Å².